The van der Waals surface area contributed by atoms with E-state index in [2.05, 4.69) is 16.4 Å². The van der Waals surface area contributed by atoms with Crippen molar-refractivity contribution in [3.63, 3.8) is 0 Å². The van der Waals surface area contributed by atoms with E-state index in [4.69, 9.17) is 11.6 Å². The van der Waals surface area contributed by atoms with Crippen molar-refractivity contribution in [1.82, 2.24) is 4.98 Å². The molecule has 0 unspecified atom stereocenters. The van der Waals surface area contributed by atoms with Gasteiger partial charge < -0.3 is 5.32 Å². The third-order valence-electron chi connectivity index (χ3n) is 4.34. The van der Waals surface area contributed by atoms with E-state index in [0.29, 0.717) is 5.69 Å². The molecule has 144 valence electrons. The largest absolute Gasteiger partial charge is 0.322 e. The van der Waals surface area contributed by atoms with Crippen molar-refractivity contribution in [3.8, 4) is 10.6 Å². The number of hydrogen-bond donors (Lipinski definition) is 1. The fraction of sp³-hybridized carbons (Fsp3) is 0.0476. The van der Waals surface area contributed by atoms with Gasteiger partial charge in [-0.05, 0) is 55.0 Å². The molecule has 8 heteroatoms. The van der Waals surface area contributed by atoms with Crippen LogP contribution in [0.25, 0.3) is 20.8 Å². The number of aromatic nitrogens is 1. The van der Waals surface area contributed by atoms with E-state index in [-0.39, 0.29) is 16.3 Å². The number of non-ortho nitro benzene ring substituents is 1. The van der Waals surface area contributed by atoms with Gasteiger partial charge in [0.15, 0.2) is 0 Å². The van der Waals surface area contributed by atoms with Crippen molar-refractivity contribution in [2.75, 3.05) is 5.32 Å². The number of thiazole rings is 1. The highest BCUT2D eigenvalue weighted by Gasteiger charge is 2.15. The Labute approximate surface area is 174 Å². The zero-order chi connectivity index (χ0) is 20.5. The first kappa shape index (κ1) is 19.0. The first-order valence-corrected chi connectivity index (χ1v) is 9.83. The Bertz CT molecular complexity index is 1250. The fourth-order valence-corrected chi connectivity index (χ4v) is 4.18. The highest BCUT2D eigenvalue weighted by atomic mass is 35.5. The molecule has 0 aliphatic carbocycles. The Morgan fingerprint density at radius 3 is 2.55 bits per heavy atom. The molecule has 0 spiro atoms. The molecule has 0 aliphatic heterocycles. The van der Waals surface area contributed by atoms with Crippen LogP contribution in [0, 0.1) is 17.0 Å². The summed E-state index contributed by atoms with van der Waals surface area (Å²) in [6, 6.07) is 17.2. The molecule has 4 rings (SSSR count). The lowest BCUT2D eigenvalue weighted by Crippen LogP contribution is -2.12. The predicted octanol–water partition coefficient (Wildman–Crippen LogP) is 6.09. The lowest BCUT2D eigenvalue weighted by molar-refractivity contribution is -0.384. The minimum Gasteiger partial charge on any atom is -0.322 e. The van der Waals surface area contributed by atoms with Crippen LogP contribution in [0.15, 0.2) is 60.7 Å². The van der Waals surface area contributed by atoms with Crippen LogP contribution >= 0.6 is 22.9 Å². The molecule has 1 aromatic heterocycles. The molecule has 6 nitrogen and oxygen atoms in total. The molecular weight excluding hydrogens is 410 g/mol. The van der Waals surface area contributed by atoms with Crippen molar-refractivity contribution in [1.29, 1.82) is 0 Å². The maximum Gasteiger partial charge on any atom is 0.270 e. The zero-order valence-corrected chi connectivity index (χ0v) is 16.8. The van der Waals surface area contributed by atoms with Crippen LogP contribution in [0.3, 0.4) is 0 Å². The Hall–Kier alpha value is -3.29. The van der Waals surface area contributed by atoms with E-state index in [9.17, 15) is 14.9 Å². The number of rotatable bonds is 4. The van der Waals surface area contributed by atoms with Crippen molar-refractivity contribution < 1.29 is 9.72 Å². The molecule has 4 aromatic rings. The number of benzene rings is 3. The summed E-state index contributed by atoms with van der Waals surface area (Å²) >= 11 is 7.63. The van der Waals surface area contributed by atoms with Gasteiger partial charge in [0.2, 0.25) is 0 Å². The summed E-state index contributed by atoms with van der Waals surface area (Å²) in [6.45, 7) is 2.05. The summed E-state index contributed by atoms with van der Waals surface area (Å²) in [5.74, 6) is -0.437. The minimum absolute atomic E-state index is 0.0260. The molecule has 0 aliphatic rings. The average molecular weight is 424 g/mol. The number of hydrogen-bond acceptors (Lipinski definition) is 5. The number of carbonyl (C=O) groups excluding carboxylic acids is 1. The highest BCUT2D eigenvalue weighted by Crippen LogP contribution is 2.31. The second kappa shape index (κ2) is 7.62. The summed E-state index contributed by atoms with van der Waals surface area (Å²) in [6.07, 6.45) is 0. The standard InChI is InChI=1S/C21H14ClN3O3S/c1-12-2-9-18-19(10-12)29-21(24-18)13-3-5-14(6-4-13)23-20(26)16-8-7-15(25(27)28)11-17(16)22/h2-11H,1H3,(H,23,26). The van der Waals surface area contributed by atoms with E-state index < -0.39 is 10.8 Å². The molecule has 0 atom stereocenters. The first-order chi connectivity index (χ1) is 13.9. The lowest BCUT2D eigenvalue weighted by atomic mass is 10.1. The third kappa shape index (κ3) is 3.96. The molecule has 1 N–H and O–H groups in total. The maximum absolute atomic E-state index is 12.4. The van der Waals surface area contributed by atoms with Crippen molar-refractivity contribution >= 4 is 50.4 Å². The molecule has 3 aromatic carbocycles. The van der Waals surface area contributed by atoms with Gasteiger partial charge in [-0.1, -0.05) is 17.7 Å². The summed E-state index contributed by atoms with van der Waals surface area (Å²) in [7, 11) is 0. The van der Waals surface area contributed by atoms with E-state index in [1.165, 1.54) is 17.7 Å². The fourth-order valence-electron chi connectivity index (χ4n) is 2.85. The van der Waals surface area contributed by atoms with Crippen LogP contribution in [-0.2, 0) is 0 Å². The molecule has 0 fully saturated rings. The topological polar surface area (TPSA) is 85.1 Å². The number of amides is 1. The SMILES string of the molecule is Cc1ccc2nc(-c3ccc(NC(=O)c4ccc([N+](=O)[O-])cc4Cl)cc3)sc2c1. The van der Waals surface area contributed by atoms with Gasteiger partial charge in [0.25, 0.3) is 11.6 Å². The highest BCUT2D eigenvalue weighted by molar-refractivity contribution is 7.21. The summed E-state index contributed by atoms with van der Waals surface area (Å²) in [4.78, 5) is 27.3. The van der Waals surface area contributed by atoms with Crippen molar-refractivity contribution in [2.45, 2.75) is 6.92 Å². The van der Waals surface area contributed by atoms with Crippen LogP contribution in [0.2, 0.25) is 5.02 Å². The number of halogens is 1. The van der Waals surface area contributed by atoms with Gasteiger partial charge >= 0.3 is 0 Å². The van der Waals surface area contributed by atoms with Crippen LogP contribution in [0.1, 0.15) is 15.9 Å². The van der Waals surface area contributed by atoms with Gasteiger partial charge in [0, 0.05) is 23.4 Å². The van der Waals surface area contributed by atoms with E-state index in [1.807, 2.05) is 31.2 Å². The molecule has 0 radical (unpaired) electrons. The quantitative estimate of drug-likeness (QED) is 0.318. The number of nitrogens with zero attached hydrogens (tertiary/aromatic N) is 2. The number of nitro groups is 1. The van der Waals surface area contributed by atoms with Crippen LogP contribution in [0.5, 0.6) is 0 Å². The van der Waals surface area contributed by atoms with Crippen LogP contribution in [0.4, 0.5) is 11.4 Å². The smallest absolute Gasteiger partial charge is 0.270 e. The first-order valence-electron chi connectivity index (χ1n) is 8.63. The van der Waals surface area contributed by atoms with E-state index in [0.717, 1.165) is 26.9 Å². The second-order valence-corrected chi connectivity index (χ2v) is 7.88. The summed E-state index contributed by atoms with van der Waals surface area (Å²) in [5, 5.41) is 14.5. The van der Waals surface area contributed by atoms with Gasteiger partial charge in [0.05, 0.1) is 25.7 Å². The average Bonchev–Trinajstić information content (AvgIpc) is 3.11. The van der Waals surface area contributed by atoms with Gasteiger partial charge in [-0.15, -0.1) is 11.3 Å². The van der Waals surface area contributed by atoms with E-state index >= 15 is 0 Å². The Morgan fingerprint density at radius 1 is 1.10 bits per heavy atom. The van der Waals surface area contributed by atoms with Crippen LogP contribution in [-0.4, -0.2) is 15.8 Å². The third-order valence-corrected chi connectivity index (χ3v) is 5.72. The Morgan fingerprint density at radius 2 is 1.86 bits per heavy atom. The van der Waals surface area contributed by atoms with Gasteiger partial charge in [-0.2, -0.15) is 0 Å². The number of nitrogens with one attached hydrogen (secondary N) is 1. The minimum atomic E-state index is -0.560. The maximum atomic E-state index is 12.4. The predicted molar refractivity (Wildman–Crippen MR) is 116 cm³/mol. The van der Waals surface area contributed by atoms with Gasteiger partial charge in [-0.3, -0.25) is 14.9 Å². The second-order valence-electron chi connectivity index (χ2n) is 6.44. The molecule has 29 heavy (non-hydrogen) atoms. The Kier molecular flexibility index (Phi) is 5.00. The lowest BCUT2D eigenvalue weighted by Gasteiger charge is -2.07. The number of anilines is 1. The van der Waals surface area contributed by atoms with Crippen molar-refractivity contribution in [3.05, 3.63) is 86.9 Å². The molecule has 1 heterocycles. The van der Waals surface area contributed by atoms with Gasteiger partial charge in [0.1, 0.15) is 5.01 Å². The Balaban J connectivity index is 1.53. The van der Waals surface area contributed by atoms with Crippen molar-refractivity contribution in [2.24, 2.45) is 0 Å². The molecule has 0 saturated carbocycles. The molecular formula is C21H14ClN3O3S. The number of carbonyl (C=O) groups is 1. The molecule has 1 amide bonds. The number of aryl methyl sites for hydroxylation is 1. The van der Waals surface area contributed by atoms with E-state index in [1.54, 1.807) is 23.5 Å². The molecule has 0 bridgehead atoms. The zero-order valence-electron chi connectivity index (χ0n) is 15.2. The monoisotopic (exact) mass is 423 g/mol. The normalized spacial score (nSPS) is 10.8. The molecule has 0 saturated heterocycles. The van der Waals surface area contributed by atoms with Gasteiger partial charge in [-0.25, -0.2) is 4.98 Å². The number of fused-ring (bicyclic) bond motifs is 1. The summed E-state index contributed by atoms with van der Waals surface area (Å²) in [5.41, 5.74) is 3.70. The van der Waals surface area contributed by atoms with Crippen LogP contribution < -0.4 is 5.32 Å². The number of nitro benzene ring substituents is 1. The summed E-state index contributed by atoms with van der Waals surface area (Å²) < 4.78 is 1.13.